The van der Waals surface area contributed by atoms with Crippen LogP contribution in [0.15, 0.2) is 0 Å². The Morgan fingerprint density at radius 2 is 1.82 bits per heavy atom. The number of hydroxylamine groups is 2. The lowest BCUT2D eigenvalue weighted by atomic mass is 10.4. The van der Waals surface area contributed by atoms with E-state index in [2.05, 4.69) is 0 Å². The summed E-state index contributed by atoms with van der Waals surface area (Å²) in [6.45, 7) is 3.79. The van der Waals surface area contributed by atoms with Crippen LogP contribution in [-0.4, -0.2) is 43.2 Å². The molecule has 0 N–H and O–H groups in total. The number of urea groups is 1. The van der Waals surface area contributed by atoms with Crippen LogP contribution >= 0.6 is 0 Å². The van der Waals surface area contributed by atoms with Crippen molar-refractivity contribution in [2.75, 3.05) is 21.2 Å². The molecule has 0 aliphatic heterocycles. The smallest absolute Gasteiger partial charge is 0.329 e. The van der Waals surface area contributed by atoms with Crippen molar-refractivity contribution in [3.8, 4) is 0 Å². The molecule has 0 saturated heterocycles. The van der Waals surface area contributed by atoms with Gasteiger partial charge in [0.15, 0.2) is 0 Å². The minimum atomic E-state index is -0.137. The highest BCUT2D eigenvalue weighted by molar-refractivity contribution is 5.72. The van der Waals surface area contributed by atoms with Crippen LogP contribution in [-0.2, 0) is 4.84 Å². The van der Waals surface area contributed by atoms with Gasteiger partial charge in [0, 0.05) is 14.1 Å². The minimum absolute atomic E-state index is 0.0647. The van der Waals surface area contributed by atoms with Gasteiger partial charge >= 0.3 is 6.03 Å². The SMILES string of the molecule is CON(C(=O)N(C)C)C(C)C. The van der Waals surface area contributed by atoms with Gasteiger partial charge in [0.05, 0.1) is 13.2 Å². The highest BCUT2D eigenvalue weighted by Crippen LogP contribution is 2.00. The van der Waals surface area contributed by atoms with E-state index in [-0.39, 0.29) is 12.1 Å². The summed E-state index contributed by atoms with van der Waals surface area (Å²) < 4.78 is 0. The molecule has 0 fully saturated rings. The van der Waals surface area contributed by atoms with Gasteiger partial charge in [-0.15, -0.1) is 0 Å². The number of nitrogens with zero attached hydrogens (tertiary/aromatic N) is 2. The molecule has 0 atom stereocenters. The number of amides is 2. The van der Waals surface area contributed by atoms with Crippen molar-refractivity contribution in [1.29, 1.82) is 0 Å². The van der Waals surface area contributed by atoms with Crippen LogP contribution in [0.2, 0.25) is 0 Å². The molecular weight excluding hydrogens is 144 g/mol. The fraction of sp³-hybridized carbons (Fsp3) is 0.857. The van der Waals surface area contributed by atoms with Gasteiger partial charge < -0.3 is 4.90 Å². The molecule has 0 bridgehead atoms. The third-order valence-electron chi connectivity index (χ3n) is 1.24. The van der Waals surface area contributed by atoms with Gasteiger partial charge in [-0.05, 0) is 13.8 Å². The van der Waals surface area contributed by atoms with Gasteiger partial charge in [-0.2, -0.15) is 0 Å². The highest BCUT2D eigenvalue weighted by atomic mass is 16.7. The Morgan fingerprint density at radius 3 is 1.91 bits per heavy atom. The van der Waals surface area contributed by atoms with Crippen molar-refractivity contribution in [2.45, 2.75) is 19.9 Å². The number of hydrogen-bond acceptors (Lipinski definition) is 2. The van der Waals surface area contributed by atoms with E-state index in [9.17, 15) is 4.79 Å². The van der Waals surface area contributed by atoms with E-state index in [1.54, 1.807) is 14.1 Å². The topological polar surface area (TPSA) is 32.8 Å². The van der Waals surface area contributed by atoms with Crippen molar-refractivity contribution in [2.24, 2.45) is 0 Å². The summed E-state index contributed by atoms with van der Waals surface area (Å²) in [7, 11) is 4.87. The molecule has 4 heteroatoms. The molecule has 0 unspecified atom stereocenters. The van der Waals surface area contributed by atoms with E-state index in [0.717, 1.165) is 0 Å². The second-order valence-corrected chi connectivity index (χ2v) is 2.78. The molecule has 4 nitrogen and oxygen atoms in total. The van der Waals surface area contributed by atoms with E-state index >= 15 is 0 Å². The van der Waals surface area contributed by atoms with Crippen LogP contribution in [0.25, 0.3) is 0 Å². The second kappa shape index (κ2) is 4.18. The van der Waals surface area contributed by atoms with Crippen LogP contribution in [0.3, 0.4) is 0 Å². The van der Waals surface area contributed by atoms with Crippen LogP contribution < -0.4 is 0 Å². The number of rotatable bonds is 2. The first kappa shape index (κ1) is 10.2. The molecule has 0 aromatic heterocycles. The summed E-state index contributed by atoms with van der Waals surface area (Å²) in [5.41, 5.74) is 0. The average Bonchev–Trinajstić information content (AvgIpc) is 1.88. The Hall–Kier alpha value is -0.770. The molecule has 0 aromatic rings. The highest BCUT2D eigenvalue weighted by Gasteiger charge is 2.17. The van der Waals surface area contributed by atoms with Gasteiger partial charge in [0.1, 0.15) is 0 Å². The molecule has 0 spiro atoms. The molecule has 0 aromatic carbocycles. The van der Waals surface area contributed by atoms with Gasteiger partial charge in [0.2, 0.25) is 0 Å². The maximum Gasteiger partial charge on any atom is 0.343 e. The summed E-state index contributed by atoms with van der Waals surface area (Å²) in [4.78, 5) is 17.6. The van der Waals surface area contributed by atoms with Gasteiger partial charge in [-0.25, -0.2) is 9.86 Å². The Balaban J connectivity index is 4.15. The lowest BCUT2D eigenvalue weighted by molar-refractivity contribution is -0.114. The van der Waals surface area contributed by atoms with Crippen LogP contribution in [0.5, 0.6) is 0 Å². The maximum atomic E-state index is 11.2. The largest absolute Gasteiger partial charge is 0.343 e. The number of hydrogen-bond donors (Lipinski definition) is 0. The quantitative estimate of drug-likeness (QED) is 0.563. The van der Waals surface area contributed by atoms with Gasteiger partial charge in [-0.1, -0.05) is 0 Å². The van der Waals surface area contributed by atoms with E-state index in [1.165, 1.54) is 17.1 Å². The van der Waals surface area contributed by atoms with Crippen molar-refractivity contribution >= 4 is 6.03 Å². The van der Waals surface area contributed by atoms with Gasteiger partial charge in [0.25, 0.3) is 0 Å². The van der Waals surface area contributed by atoms with Crippen molar-refractivity contribution in [3.63, 3.8) is 0 Å². The zero-order valence-corrected chi connectivity index (χ0v) is 7.79. The summed E-state index contributed by atoms with van der Waals surface area (Å²) in [5, 5.41) is 1.32. The Kier molecular flexibility index (Phi) is 3.89. The standard InChI is InChI=1S/C7H16N2O2/c1-6(2)9(11-5)7(10)8(3)4/h6H,1-5H3. The first-order valence-corrected chi connectivity index (χ1v) is 3.55. The van der Waals surface area contributed by atoms with Crippen molar-refractivity contribution < 1.29 is 9.63 Å². The lowest BCUT2D eigenvalue weighted by Gasteiger charge is -2.26. The number of carbonyl (C=O) groups excluding carboxylic acids is 1. The first-order valence-electron chi connectivity index (χ1n) is 3.55. The molecule has 0 aliphatic rings. The zero-order chi connectivity index (χ0) is 9.02. The summed E-state index contributed by atoms with van der Waals surface area (Å²) in [5.74, 6) is 0. The molecule has 66 valence electrons. The molecule has 0 aliphatic carbocycles. The molecule has 0 rings (SSSR count). The fourth-order valence-corrected chi connectivity index (χ4v) is 0.707. The Morgan fingerprint density at radius 1 is 1.36 bits per heavy atom. The molecule has 0 saturated carbocycles. The molecule has 0 heterocycles. The lowest BCUT2D eigenvalue weighted by Crippen LogP contribution is -2.42. The molecular formula is C7H16N2O2. The zero-order valence-electron chi connectivity index (χ0n) is 7.79. The van der Waals surface area contributed by atoms with Crippen molar-refractivity contribution in [3.05, 3.63) is 0 Å². The predicted molar refractivity (Wildman–Crippen MR) is 43.1 cm³/mol. The van der Waals surface area contributed by atoms with E-state index in [1.807, 2.05) is 13.8 Å². The van der Waals surface area contributed by atoms with E-state index < -0.39 is 0 Å². The summed E-state index contributed by atoms with van der Waals surface area (Å²) >= 11 is 0. The second-order valence-electron chi connectivity index (χ2n) is 2.78. The van der Waals surface area contributed by atoms with E-state index in [4.69, 9.17) is 4.84 Å². The van der Waals surface area contributed by atoms with E-state index in [0.29, 0.717) is 0 Å². The Bertz CT molecular complexity index is 134. The third-order valence-corrected chi connectivity index (χ3v) is 1.24. The predicted octanol–water partition coefficient (Wildman–Crippen LogP) is 0.940. The fourth-order valence-electron chi connectivity index (χ4n) is 0.707. The molecule has 2 amide bonds. The minimum Gasteiger partial charge on any atom is -0.329 e. The first-order chi connectivity index (χ1) is 5.00. The summed E-state index contributed by atoms with van der Waals surface area (Å²) in [6.07, 6.45) is 0. The molecule has 11 heavy (non-hydrogen) atoms. The normalized spacial score (nSPS) is 10.0. The van der Waals surface area contributed by atoms with Crippen LogP contribution in [0.1, 0.15) is 13.8 Å². The monoisotopic (exact) mass is 160 g/mol. The third kappa shape index (κ3) is 2.76. The number of carbonyl (C=O) groups is 1. The average molecular weight is 160 g/mol. The summed E-state index contributed by atoms with van der Waals surface area (Å²) in [6, 6.07) is -0.0719. The van der Waals surface area contributed by atoms with Crippen LogP contribution in [0, 0.1) is 0 Å². The Labute approximate surface area is 67.7 Å². The van der Waals surface area contributed by atoms with Crippen molar-refractivity contribution in [1.82, 2.24) is 9.96 Å². The van der Waals surface area contributed by atoms with Crippen LogP contribution in [0.4, 0.5) is 4.79 Å². The molecule has 0 radical (unpaired) electrons. The van der Waals surface area contributed by atoms with Gasteiger partial charge in [-0.3, -0.25) is 4.84 Å². The maximum absolute atomic E-state index is 11.2.